The zero-order chi connectivity index (χ0) is 24.1. The molecule has 0 aliphatic heterocycles. The van der Waals surface area contributed by atoms with Crippen molar-refractivity contribution in [3.8, 4) is 0 Å². The van der Waals surface area contributed by atoms with Crippen molar-refractivity contribution in [2.75, 3.05) is 5.32 Å². The van der Waals surface area contributed by atoms with Crippen LogP contribution in [0.3, 0.4) is 0 Å². The molecule has 0 aliphatic carbocycles. The quantitative estimate of drug-likeness (QED) is 0.277. The third-order valence-corrected chi connectivity index (χ3v) is 6.98. The van der Waals surface area contributed by atoms with Crippen molar-refractivity contribution in [3.05, 3.63) is 83.3 Å². The van der Waals surface area contributed by atoms with Gasteiger partial charge in [0.25, 0.3) is 0 Å². The van der Waals surface area contributed by atoms with Gasteiger partial charge in [-0.05, 0) is 54.2 Å². The SMILES string of the molecule is CCc1cccc(CC)c1NC(=O)C(CC)n1c(SCc2ccccc2F)nc2cccnc21. The van der Waals surface area contributed by atoms with Crippen LogP contribution in [-0.4, -0.2) is 20.4 Å². The summed E-state index contributed by atoms with van der Waals surface area (Å²) in [5.74, 6) is 0.0619. The van der Waals surface area contributed by atoms with Gasteiger partial charge < -0.3 is 5.32 Å². The lowest BCUT2D eigenvalue weighted by Gasteiger charge is -2.21. The first-order chi connectivity index (χ1) is 16.6. The van der Waals surface area contributed by atoms with Crippen molar-refractivity contribution >= 4 is 34.5 Å². The number of fused-ring (bicyclic) bond motifs is 1. The molecule has 1 N–H and O–H groups in total. The number of hydrogen-bond acceptors (Lipinski definition) is 4. The van der Waals surface area contributed by atoms with E-state index in [1.165, 1.54) is 17.8 Å². The number of nitrogens with zero attached hydrogens (tertiary/aromatic N) is 3. The molecule has 0 spiro atoms. The molecule has 0 bridgehead atoms. The minimum absolute atomic E-state index is 0.101. The predicted octanol–water partition coefficient (Wildman–Crippen LogP) is 6.58. The summed E-state index contributed by atoms with van der Waals surface area (Å²) >= 11 is 1.41. The number of hydrogen-bond donors (Lipinski definition) is 1. The Morgan fingerprint density at radius 1 is 1.00 bits per heavy atom. The molecule has 1 atom stereocenters. The Hall–Kier alpha value is -3.19. The Kier molecular flexibility index (Phi) is 7.63. The van der Waals surface area contributed by atoms with E-state index in [0.717, 1.165) is 29.7 Å². The molecule has 0 saturated carbocycles. The van der Waals surface area contributed by atoms with Crippen molar-refractivity contribution in [3.63, 3.8) is 0 Å². The normalized spacial score (nSPS) is 12.1. The van der Waals surface area contributed by atoms with Gasteiger partial charge in [0.1, 0.15) is 17.4 Å². The Labute approximate surface area is 203 Å². The number of imidazole rings is 1. The number of amides is 1. The van der Waals surface area contributed by atoms with Crippen LogP contribution >= 0.6 is 11.8 Å². The third-order valence-electron chi connectivity index (χ3n) is 5.98. The van der Waals surface area contributed by atoms with Crippen LogP contribution in [0, 0.1) is 5.82 Å². The highest BCUT2D eigenvalue weighted by Gasteiger charge is 2.26. The molecule has 4 rings (SSSR count). The van der Waals surface area contributed by atoms with E-state index in [2.05, 4.69) is 36.3 Å². The molecule has 2 aromatic heterocycles. The number of halogens is 1. The smallest absolute Gasteiger partial charge is 0.247 e. The molecule has 0 radical (unpaired) electrons. The molecule has 176 valence electrons. The van der Waals surface area contributed by atoms with Crippen LogP contribution in [0.2, 0.25) is 0 Å². The first-order valence-electron chi connectivity index (χ1n) is 11.7. The maximum absolute atomic E-state index is 14.2. The molecule has 0 aliphatic rings. The number of aromatic nitrogens is 3. The van der Waals surface area contributed by atoms with E-state index in [9.17, 15) is 9.18 Å². The molecule has 34 heavy (non-hydrogen) atoms. The molecular weight excluding hydrogens is 447 g/mol. The summed E-state index contributed by atoms with van der Waals surface area (Å²) in [5.41, 5.74) is 5.10. The maximum Gasteiger partial charge on any atom is 0.247 e. The summed E-state index contributed by atoms with van der Waals surface area (Å²) in [6.07, 6.45) is 3.94. The number of thioether (sulfide) groups is 1. The largest absolute Gasteiger partial charge is 0.324 e. The van der Waals surface area contributed by atoms with E-state index < -0.39 is 6.04 Å². The first kappa shape index (κ1) is 24.0. The third kappa shape index (κ3) is 4.85. The average molecular weight is 477 g/mol. The lowest BCUT2D eigenvalue weighted by atomic mass is 10.0. The van der Waals surface area contributed by atoms with Crippen LogP contribution in [0.4, 0.5) is 10.1 Å². The zero-order valence-electron chi connectivity index (χ0n) is 19.7. The van der Waals surface area contributed by atoms with Crippen LogP contribution in [0.5, 0.6) is 0 Å². The van der Waals surface area contributed by atoms with Crippen molar-refractivity contribution in [1.82, 2.24) is 14.5 Å². The number of benzene rings is 2. The van der Waals surface area contributed by atoms with Gasteiger partial charge in [0.2, 0.25) is 5.91 Å². The Morgan fingerprint density at radius 3 is 2.38 bits per heavy atom. The number of anilines is 1. The lowest BCUT2D eigenvalue weighted by Crippen LogP contribution is -2.27. The van der Waals surface area contributed by atoms with Gasteiger partial charge in [-0.25, -0.2) is 14.4 Å². The van der Waals surface area contributed by atoms with Gasteiger partial charge in [0, 0.05) is 17.6 Å². The zero-order valence-corrected chi connectivity index (χ0v) is 20.5. The summed E-state index contributed by atoms with van der Waals surface area (Å²) < 4.78 is 16.1. The van der Waals surface area contributed by atoms with Crippen LogP contribution in [0.1, 0.15) is 49.9 Å². The monoisotopic (exact) mass is 476 g/mol. The highest BCUT2D eigenvalue weighted by molar-refractivity contribution is 7.98. The highest BCUT2D eigenvalue weighted by Crippen LogP contribution is 2.32. The van der Waals surface area contributed by atoms with Gasteiger partial charge in [0.15, 0.2) is 10.8 Å². The van der Waals surface area contributed by atoms with E-state index in [1.807, 2.05) is 35.8 Å². The lowest BCUT2D eigenvalue weighted by molar-refractivity contribution is -0.119. The van der Waals surface area contributed by atoms with Crippen molar-refractivity contribution < 1.29 is 9.18 Å². The highest BCUT2D eigenvalue weighted by atomic mass is 32.2. The van der Waals surface area contributed by atoms with Crippen molar-refractivity contribution in [2.45, 2.75) is 57.0 Å². The summed E-state index contributed by atoms with van der Waals surface area (Å²) in [4.78, 5) is 22.9. The number of aryl methyl sites for hydroxylation is 2. The predicted molar refractivity (Wildman–Crippen MR) is 137 cm³/mol. The number of para-hydroxylation sites is 1. The fraction of sp³-hybridized carbons (Fsp3) is 0.296. The number of pyridine rings is 1. The van der Waals surface area contributed by atoms with Gasteiger partial charge >= 0.3 is 0 Å². The molecule has 4 aromatic rings. The topological polar surface area (TPSA) is 59.8 Å². The summed E-state index contributed by atoms with van der Waals surface area (Å²) in [5, 5.41) is 3.86. The van der Waals surface area contributed by atoms with Crippen LogP contribution in [0.15, 0.2) is 66.0 Å². The number of carbonyl (C=O) groups excluding carboxylic acids is 1. The molecule has 1 amide bonds. The Bertz CT molecular complexity index is 1280. The standard InChI is InChI=1S/C27H29FN4OS/c1-4-18-12-9-13-19(5-2)24(18)31-26(33)23(6-3)32-25-22(15-10-16-29-25)30-27(32)34-17-20-11-7-8-14-21(20)28/h7-16,23H,4-6,17H2,1-3H3,(H,31,33). The minimum atomic E-state index is -0.502. The van der Waals surface area contributed by atoms with E-state index in [4.69, 9.17) is 4.98 Å². The second kappa shape index (κ2) is 10.8. The molecule has 0 fully saturated rings. The second-order valence-electron chi connectivity index (χ2n) is 8.06. The Morgan fingerprint density at radius 2 is 1.71 bits per heavy atom. The second-order valence-corrected chi connectivity index (χ2v) is 9.00. The van der Waals surface area contributed by atoms with Crippen LogP contribution in [-0.2, 0) is 23.4 Å². The van der Waals surface area contributed by atoms with Gasteiger partial charge in [-0.15, -0.1) is 0 Å². The maximum atomic E-state index is 14.2. The van der Waals surface area contributed by atoms with Gasteiger partial charge in [-0.3, -0.25) is 9.36 Å². The summed E-state index contributed by atoms with van der Waals surface area (Å²) in [6.45, 7) is 6.16. The van der Waals surface area contributed by atoms with E-state index in [-0.39, 0.29) is 11.7 Å². The van der Waals surface area contributed by atoms with Crippen LogP contribution in [0.25, 0.3) is 11.2 Å². The molecular formula is C27H29FN4OS. The minimum Gasteiger partial charge on any atom is -0.324 e. The molecule has 2 aromatic carbocycles. The number of carbonyl (C=O) groups is 1. The molecule has 5 nitrogen and oxygen atoms in total. The fourth-order valence-electron chi connectivity index (χ4n) is 4.14. The average Bonchev–Trinajstić information content (AvgIpc) is 3.22. The fourth-order valence-corrected chi connectivity index (χ4v) is 5.18. The number of nitrogens with one attached hydrogen (secondary N) is 1. The molecule has 7 heteroatoms. The van der Waals surface area contributed by atoms with Gasteiger partial charge in [-0.1, -0.05) is 68.9 Å². The van der Waals surface area contributed by atoms with Crippen molar-refractivity contribution in [2.24, 2.45) is 0 Å². The Balaban J connectivity index is 1.70. The molecule has 1 unspecified atom stereocenters. The van der Waals surface area contributed by atoms with E-state index >= 15 is 0 Å². The first-order valence-corrected chi connectivity index (χ1v) is 12.7. The molecule has 0 saturated heterocycles. The van der Waals surface area contributed by atoms with E-state index in [0.29, 0.717) is 34.1 Å². The number of rotatable bonds is 9. The summed E-state index contributed by atoms with van der Waals surface area (Å²) in [7, 11) is 0. The van der Waals surface area contributed by atoms with Gasteiger partial charge in [-0.2, -0.15) is 0 Å². The van der Waals surface area contributed by atoms with Crippen LogP contribution < -0.4 is 5.32 Å². The van der Waals surface area contributed by atoms with Gasteiger partial charge in [0.05, 0.1) is 0 Å². The van der Waals surface area contributed by atoms with Crippen molar-refractivity contribution in [1.29, 1.82) is 0 Å². The van der Waals surface area contributed by atoms with E-state index in [1.54, 1.807) is 18.3 Å². The molecule has 2 heterocycles. The summed E-state index contributed by atoms with van der Waals surface area (Å²) in [6, 6.07) is 16.1.